The van der Waals surface area contributed by atoms with Gasteiger partial charge < -0.3 is 35.2 Å². The molecule has 0 aliphatic carbocycles. The van der Waals surface area contributed by atoms with E-state index in [0.717, 1.165) is 23.4 Å². The Kier molecular flexibility index (Phi) is 18.0. The SMILES string of the molecule is CC[C@H](C)[C@@H](C(CC(=O)N1CCC[C@H]1C(OC)C(C)C(=O)N[C@@H](Cc1ccccc1)c1nccs1)OC)N(C)C(=O)[C@@H](NC(=O)[C@@H](NC)C(C)C)C(C)C. The number of nitrogens with zero attached hydrogens (tertiary/aromatic N) is 3. The number of hydrogen-bond donors (Lipinski definition) is 3. The first-order valence-electron chi connectivity index (χ1n) is 19.5. The van der Waals surface area contributed by atoms with Gasteiger partial charge in [0.1, 0.15) is 11.0 Å². The standard InChI is InChI=1S/C41H66N6O6S/c1-12-27(6)36(46(9)41(51)35(26(4)5)45-39(50)34(42-8)25(2)3)32(52-10)24-33(48)47-21-16-19-31(47)37(53-11)28(7)38(49)44-30(40-43-20-22-54-40)23-29-17-14-13-15-18-29/h13-15,17-18,20,22,25-28,30-32,34-37,42H,12,16,19,21,23-24H2,1-11H3,(H,44,49)(H,45,50)/t27-,28?,30-,31-,32?,34-,35-,36-,37?/m0/s1. The topological polar surface area (TPSA) is 142 Å². The van der Waals surface area contributed by atoms with Crippen molar-refractivity contribution in [2.24, 2.45) is 23.7 Å². The number of carbonyl (C=O) groups is 4. The molecule has 302 valence electrons. The van der Waals surface area contributed by atoms with Gasteiger partial charge in [-0.1, -0.05) is 85.2 Å². The van der Waals surface area contributed by atoms with E-state index < -0.39 is 36.3 Å². The number of methoxy groups -OCH3 is 2. The van der Waals surface area contributed by atoms with Crippen LogP contribution in [0, 0.1) is 23.7 Å². The number of amides is 4. The molecule has 1 saturated heterocycles. The Bertz CT molecular complexity index is 1460. The lowest BCUT2D eigenvalue weighted by Gasteiger charge is -2.41. The van der Waals surface area contributed by atoms with Crippen LogP contribution in [0.2, 0.25) is 0 Å². The first-order valence-corrected chi connectivity index (χ1v) is 20.4. The number of thiazole rings is 1. The number of aromatic nitrogens is 1. The third-order valence-corrected chi connectivity index (χ3v) is 12.0. The fourth-order valence-electron chi connectivity index (χ4n) is 7.81. The average Bonchev–Trinajstić information content (AvgIpc) is 3.87. The van der Waals surface area contributed by atoms with Gasteiger partial charge in [0.25, 0.3) is 0 Å². The second-order valence-corrected chi connectivity index (χ2v) is 16.4. The van der Waals surface area contributed by atoms with Gasteiger partial charge in [-0.25, -0.2) is 4.98 Å². The minimum atomic E-state index is -0.752. The lowest BCUT2D eigenvalue weighted by molar-refractivity contribution is -0.147. The molecule has 2 aromatic rings. The predicted octanol–water partition coefficient (Wildman–Crippen LogP) is 4.85. The highest BCUT2D eigenvalue weighted by molar-refractivity contribution is 7.09. The summed E-state index contributed by atoms with van der Waals surface area (Å²) in [5, 5.41) is 12.0. The number of carbonyl (C=O) groups excluding carboxylic acids is 4. The molecule has 1 aliphatic rings. The summed E-state index contributed by atoms with van der Waals surface area (Å²) in [7, 11) is 6.65. The Hall–Kier alpha value is -3.39. The third kappa shape index (κ3) is 11.6. The van der Waals surface area contributed by atoms with E-state index in [4.69, 9.17) is 9.47 Å². The first kappa shape index (κ1) is 45.0. The van der Waals surface area contributed by atoms with Crippen LogP contribution in [0.5, 0.6) is 0 Å². The average molecular weight is 771 g/mol. The van der Waals surface area contributed by atoms with E-state index in [2.05, 4.69) is 34.8 Å². The van der Waals surface area contributed by atoms with Gasteiger partial charge in [0.15, 0.2) is 0 Å². The van der Waals surface area contributed by atoms with E-state index >= 15 is 0 Å². The maximum atomic E-state index is 14.3. The number of hydrogen-bond acceptors (Lipinski definition) is 9. The molecule has 3 unspecified atom stereocenters. The summed E-state index contributed by atoms with van der Waals surface area (Å²) in [5.41, 5.74) is 1.09. The Morgan fingerprint density at radius 2 is 1.63 bits per heavy atom. The van der Waals surface area contributed by atoms with Gasteiger partial charge in [0, 0.05) is 39.4 Å². The van der Waals surface area contributed by atoms with Crippen molar-refractivity contribution < 1.29 is 28.7 Å². The molecule has 3 rings (SSSR count). The molecular formula is C41H66N6O6S. The van der Waals surface area contributed by atoms with Crippen molar-refractivity contribution in [3.8, 4) is 0 Å². The van der Waals surface area contributed by atoms with Gasteiger partial charge in [-0.05, 0) is 49.6 Å². The molecule has 9 atom stereocenters. The van der Waals surface area contributed by atoms with Crippen molar-refractivity contribution in [3.63, 3.8) is 0 Å². The fraction of sp³-hybridized carbons (Fsp3) is 0.683. The number of likely N-dealkylation sites (tertiary alicyclic amines) is 1. The van der Waals surface area contributed by atoms with Gasteiger partial charge in [0.2, 0.25) is 23.6 Å². The van der Waals surface area contributed by atoms with E-state index in [9.17, 15) is 19.2 Å². The minimum Gasteiger partial charge on any atom is -0.379 e. The lowest BCUT2D eigenvalue weighted by atomic mass is 9.89. The Morgan fingerprint density at radius 3 is 2.17 bits per heavy atom. The van der Waals surface area contributed by atoms with Gasteiger partial charge in [-0.3, -0.25) is 19.2 Å². The molecule has 0 bridgehead atoms. The summed E-state index contributed by atoms with van der Waals surface area (Å²) < 4.78 is 12.1. The van der Waals surface area contributed by atoms with E-state index in [1.54, 1.807) is 39.4 Å². The molecular weight excluding hydrogens is 705 g/mol. The Morgan fingerprint density at radius 1 is 0.963 bits per heavy atom. The molecule has 4 amide bonds. The van der Waals surface area contributed by atoms with Crippen LogP contribution in [0.1, 0.15) is 90.8 Å². The first-order chi connectivity index (χ1) is 25.7. The quantitative estimate of drug-likeness (QED) is 0.164. The number of benzene rings is 1. The molecule has 1 aromatic carbocycles. The monoisotopic (exact) mass is 770 g/mol. The van der Waals surface area contributed by atoms with Crippen molar-refractivity contribution in [2.75, 3.05) is 34.9 Å². The number of likely N-dealkylation sites (N-methyl/N-ethyl adjacent to an activating group) is 2. The molecule has 2 heterocycles. The fourth-order valence-corrected chi connectivity index (χ4v) is 8.50. The molecule has 1 fully saturated rings. The summed E-state index contributed by atoms with van der Waals surface area (Å²) in [4.78, 5) is 63.6. The molecule has 0 spiro atoms. The van der Waals surface area contributed by atoms with Crippen LogP contribution in [0.3, 0.4) is 0 Å². The smallest absolute Gasteiger partial charge is 0.245 e. The largest absolute Gasteiger partial charge is 0.379 e. The van der Waals surface area contributed by atoms with Crippen LogP contribution in [-0.4, -0.2) is 110 Å². The van der Waals surface area contributed by atoms with Crippen LogP contribution in [0.25, 0.3) is 0 Å². The highest BCUT2D eigenvalue weighted by Crippen LogP contribution is 2.30. The Balaban J connectivity index is 1.78. The minimum absolute atomic E-state index is 0.00702. The van der Waals surface area contributed by atoms with Crippen LogP contribution >= 0.6 is 11.3 Å². The molecule has 3 N–H and O–H groups in total. The molecule has 0 saturated carbocycles. The molecule has 0 radical (unpaired) electrons. The summed E-state index contributed by atoms with van der Waals surface area (Å²) in [6.45, 7) is 14.3. The maximum Gasteiger partial charge on any atom is 0.245 e. The van der Waals surface area contributed by atoms with Crippen LogP contribution < -0.4 is 16.0 Å². The number of rotatable bonds is 21. The summed E-state index contributed by atoms with van der Waals surface area (Å²) in [6, 6.07) is 7.77. The van der Waals surface area contributed by atoms with Crippen LogP contribution in [-0.2, 0) is 35.1 Å². The molecule has 12 nitrogen and oxygen atoms in total. The van der Waals surface area contributed by atoms with Gasteiger partial charge >= 0.3 is 0 Å². The Labute approximate surface area is 327 Å². The lowest BCUT2D eigenvalue weighted by Crippen LogP contribution is -2.59. The number of ether oxygens (including phenoxy) is 2. The van der Waals surface area contributed by atoms with Crippen molar-refractivity contribution in [1.82, 2.24) is 30.7 Å². The summed E-state index contributed by atoms with van der Waals surface area (Å²) >= 11 is 1.51. The van der Waals surface area contributed by atoms with E-state index in [1.807, 2.05) is 75.2 Å². The van der Waals surface area contributed by atoms with Crippen molar-refractivity contribution in [2.45, 2.75) is 123 Å². The predicted molar refractivity (Wildman–Crippen MR) is 214 cm³/mol. The van der Waals surface area contributed by atoms with E-state index in [-0.39, 0.29) is 59.9 Å². The zero-order chi connectivity index (χ0) is 40.1. The van der Waals surface area contributed by atoms with Crippen molar-refractivity contribution >= 4 is 35.0 Å². The number of nitrogens with one attached hydrogen (secondary N) is 3. The second-order valence-electron chi connectivity index (χ2n) is 15.5. The third-order valence-electron chi connectivity index (χ3n) is 11.1. The maximum absolute atomic E-state index is 14.3. The molecule has 13 heteroatoms. The second kappa shape index (κ2) is 21.6. The van der Waals surface area contributed by atoms with E-state index in [0.29, 0.717) is 19.4 Å². The van der Waals surface area contributed by atoms with Crippen molar-refractivity contribution in [3.05, 3.63) is 52.5 Å². The van der Waals surface area contributed by atoms with E-state index in [1.165, 1.54) is 11.3 Å². The summed E-state index contributed by atoms with van der Waals surface area (Å²) in [5.74, 6) is -1.41. The van der Waals surface area contributed by atoms with Gasteiger partial charge in [0.05, 0.1) is 48.7 Å². The molecule has 1 aliphatic heterocycles. The van der Waals surface area contributed by atoms with Gasteiger partial charge in [-0.2, -0.15) is 0 Å². The summed E-state index contributed by atoms with van der Waals surface area (Å²) in [6.07, 6.45) is 3.48. The highest BCUT2D eigenvalue weighted by atomic mass is 32.1. The molecule has 54 heavy (non-hydrogen) atoms. The highest BCUT2D eigenvalue weighted by Gasteiger charge is 2.43. The normalized spacial score (nSPS) is 19.1. The zero-order valence-electron chi connectivity index (χ0n) is 34.3. The van der Waals surface area contributed by atoms with Crippen molar-refractivity contribution in [1.29, 1.82) is 0 Å². The van der Waals surface area contributed by atoms with Crippen LogP contribution in [0.4, 0.5) is 0 Å². The zero-order valence-corrected chi connectivity index (χ0v) is 35.2. The molecule has 1 aromatic heterocycles. The van der Waals surface area contributed by atoms with Gasteiger partial charge in [-0.15, -0.1) is 11.3 Å². The van der Waals surface area contributed by atoms with Crippen LogP contribution in [0.15, 0.2) is 41.9 Å².